The number of nitriles is 2. The van der Waals surface area contributed by atoms with Crippen LogP contribution in [0.2, 0.25) is 0 Å². The number of hydrogen-bond donors (Lipinski definition) is 1. The predicted molar refractivity (Wildman–Crippen MR) is 95.4 cm³/mol. The maximum absolute atomic E-state index is 12.9. The van der Waals surface area contributed by atoms with E-state index in [9.17, 15) is 23.7 Å². The van der Waals surface area contributed by atoms with Gasteiger partial charge in [0.15, 0.2) is 0 Å². The van der Waals surface area contributed by atoms with Crippen molar-refractivity contribution in [1.82, 2.24) is 14.8 Å². The highest BCUT2D eigenvalue weighted by Crippen LogP contribution is 2.37. The van der Waals surface area contributed by atoms with Gasteiger partial charge in [0.2, 0.25) is 0 Å². The Balaban J connectivity index is 2.28. The van der Waals surface area contributed by atoms with Gasteiger partial charge >= 0.3 is 6.18 Å². The van der Waals surface area contributed by atoms with Crippen LogP contribution in [0.3, 0.4) is 0 Å². The quantitative estimate of drug-likeness (QED) is 0.738. The Morgan fingerprint density at radius 3 is 2.21 bits per heavy atom. The van der Waals surface area contributed by atoms with Gasteiger partial charge in [0, 0.05) is 23.9 Å². The summed E-state index contributed by atoms with van der Waals surface area (Å²) in [5, 5.41) is 23.4. The van der Waals surface area contributed by atoms with Crippen molar-refractivity contribution in [3.63, 3.8) is 0 Å². The second-order valence-electron chi connectivity index (χ2n) is 5.85. The Hall–Kier alpha value is -3.85. The van der Waals surface area contributed by atoms with Crippen molar-refractivity contribution in [2.24, 2.45) is 0 Å². The molecule has 0 saturated carbocycles. The third-order valence-corrected chi connectivity index (χ3v) is 4.18. The summed E-state index contributed by atoms with van der Waals surface area (Å²) in [4.78, 5) is 4.18. The lowest BCUT2D eigenvalue weighted by Crippen LogP contribution is -2.06. The maximum Gasteiger partial charge on any atom is 0.416 e. The summed E-state index contributed by atoms with van der Waals surface area (Å²) >= 11 is 0. The fourth-order valence-corrected chi connectivity index (χ4v) is 2.81. The molecule has 6 nitrogen and oxygen atoms in total. The molecule has 3 rings (SSSR count). The first kappa shape index (κ1) is 18.9. The molecule has 0 atom stereocenters. The van der Waals surface area contributed by atoms with E-state index in [-0.39, 0.29) is 33.8 Å². The number of aromatic nitrogens is 3. The molecule has 0 saturated heterocycles. The largest absolute Gasteiger partial charge is 0.416 e. The van der Waals surface area contributed by atoms with Gasteiger partial charge in [-0.15, -0.1) is 0 Å². The molecule has 2 N–H and O–H groups in total. The number of rotatable bonds is 3. The molecule has 0 aliphatic heterocycles. The average molecular weight is 382 g/mol. The molecule has 2 heterocycles. The molecule has 0 aliphatic carbocycles. The molecule has 0 fully saturated rings. The van der Waals surface area contributed by atoms with Crippen LogP contribution in [0.1, 0.15) is 23.6 Å². The first-order valence-electron chi connectivity index (χ1n) is 8.14. The number of pyridine rings is 1. The Labute approximate surface area is 158 Å². The molecule has 0 radical (unpaired) electrons. The normalized spacial score (nSPS) is 11.1. The lowest BCUT2D eigenvalue weighted by Gasteiger charge is -2.13. The van der Waals surface area contributed by atoms with Gasteiger partial charge in [0.25, 0.3) is 0 Å². The summed E-state index contributed by atoms with van der Waals surface area (Å²) in [6.07, 6.45) is -1.31. The standard InChI is InChI=1S/C19H13F3N6/c1-2-28-10-12(9-26-28)17-14(7-23)16(15(8-24)18(25)27-17)11-3-5-13(6-4-11)19(20,21)22/h3-6,9-10H,2H2,1H3,(H2,25,27). The Morgan fingerprint density at radius 1 is 1.07 bits per heavy atom. The molecule has 3 aromatic rings. The van der Waals surface area contributed by atoms with E-state index in [0.717, 1.165) is 12.1 Å². The van der Waals surface area contributed by atoms with Gasteiger partial charge < -0.3 is 5.73 Å². The summed E-state index contributed by atoms with van der Waals surface area (Å²) in [6, 6.07) is 8.10. The third-order valence-electron chi connectivity index (χ3n) is 4.18. The summed E-state index contributed by atoms with van der Waals surface area (Å²) in [7, 11) is 0. The van der Waals surface area contributed by atoms with E-state index < -0.39 is 11.7 Å². The molecule has 0 aliphatic rings. The highest BCUT2D eigenvalue weighted by molar-refractivity contribution is 5.86. The molecule has 0 amide bonds. The number of nitrogens with two attached hydrogens (primary N) is 1. The van der Waals surface area contributed by atoms with Gasteiger partial charge in [0.1, 0.15) is 23.5 Å². The van der Waals surface area contributed by atoms with Crippen molar-refractivity contribution in [2.75, 3.05) is 5.73 Å². The molecule has 28 heavy (non-hydrogen) atoms. The highest BCUT2D eigenvalue weighted by Gasteiger charge is 2.30. The summed E-state index contributed by atoms with van der Waals surface area (Å²) in [5.74, 6) is -0.115. The summed E-state index contributed by atoms with van der Waals surface area (Å²) in [6.45, 7) is 2.48. The van der Waals surface area contributed by atoms with Crippen LogP contribution in [0, 0.1) is 22.7 Å². The van der Waals surface area contributed by atoms with E-state index in [1.807, 2.05) is 19.1 Å². The molecule has 0 spiro atoms. The van der Waals surface area contributed by atoms with Crippen molar-refractivity contribution in [2.45, 2.75) is 19.6 Å². The second kappa shape index (κ2) is 7.05. The number of aryl methyl sites for hydroxylation is 1. The zero-order valence-corrected chi connectivity index (χ0v) is 14.6. The van der Waals surface area contributed by atoms with Crippen LogP contribution in [-0.2, 0) is 12.7 Å². The number of anilines is 1. The number of alkyl halides is 3. The van der Waals surface area contributed by atoms with E-state index >= 15 is 0 Å². The van der Waals surface area contributed by atoms with Crippen LogP contribution in [0.4, 0.5) is 19.0 Å². The maximum atomic E-state index is 12.9. The number of nitrogens with zero attached hydrogens (tertiary/aromatic N) is 5. The summed E-state index contributed by atoms with van der Waals surface area (Å²) < 4.78 is 40.2. The van der Waals surface area contributed by atoms with E-state index in [1.54, 1.807) is 10.9 Å². The van der Waals surface area contributed by atoms with Gasteiger partial charge in [-0.25, -0.2) is 4.98 Å². The minimum atomic E-state index is -4.49. The van der Waals surface area contributed by atoms with Crippen molar-refractivity contribution in [3.8, 4) is 34.5 Å². The van der Waals surface area contributed by atoms with Crippen LogP contribution in [0.25, 0.3) is 22.4 Å². The third kappa shape index (κ3) is 3.26. The molecule has 0 bridgehead atoms. The zero-order valence-electron chi connectivity index (χ0n) is 14.6. The van der Waals surface area contributed by atoms with Crippen molar-refractivity contribution in [1.29, 1.82) is 10.5 Å². The van der Waals surface area contributed by atoms with Gasteiger partial charge in [-0.1, -0.05) is 12.1 Å². The van der Waals surface area contributed by atoms with Gasteiger partial charge in [-0.3, -0.25) is 4.68 Å². The van der Waals surface area contributed by atoms with Gasteiger partial charge in [-0.2, -0.15) is 28.8 Å². The summed E-state index contributed by atoms with van der Waals surface area (Å²) in [5.41, 5.74) is 6.20. The number of hydrogen-bond acceptors (Lipinski definition) is 5. The molecule has 140 valence electrons. The first-order valence-corrected chi connectivity index (χ1v) is 8.14. The smallest absolute Gasteiger partial charge is 0.383 e. The zero-order chi connectivity index (χ0) is 20.5. The molecule has 9 heteroatoms. The van der Waals surface area contributed by atoms with E-state index in [0.29, 0.717) is 12.1 Å². The topological polar surface area (TPSA) is 104 Å². The SMILES string of the molecule is CCn1cc(-c2nc(N)c(C#N)c(-c3ccc(C(F)(F)F)cc3)c2C#N)cn1. The number of benzene rings is 1. The molecule has 1 aromatic carbocycles. The molecular formula is C19H13F3N6. The number of nitrogen functional groups attached to an aromatic ring is 1. The molecule has 0 unspecified atom stereocenters. The Morgan fingerprint density at radius 2 is 1.71 bits per heavy atom. The second-order valence-corrected chi connectivity index (χ2v) is 5.85. The number of halogens is 3. The highest BCUT2D eigenvalue weighted by atomic mass is 19.4. The Kier molecular flexibility index (Phi) is 4.76. The monoisotopic (exact) mass is 382 g/mol. The van der Waals surface area contributed by atoms with Gasteiger partial charge in [0.05, 0.1) is 23.0 Å². The average Bonchev–Trinajstić information content (AvgIpc) is 3.15. The van der Waals surface area contributed by atoms with Crippen molar-refractivity contribution in [3.05, 3.63) is 53.3 Å². The molecule has 2 aromatic heterocycles. The minimum Gasteiger partial charge on any atom is -0.383 e. The Bertz CT molecular complexity index is 1110. The van der Waals surface area contributed by atoms with Crippen LogP contribution >= 0.6 is 0 Å². The first-order chi connectivity index (χ1) is 13.3. The molecular weight excluding hydrogens is 369 g/mol. The van der Waals surface area contributed by atoms with E-state index in [4.69, 9.17) is 5.73 Å². The fourth-order valence-electron chi connectivity index (χ4n) is 2.81. The van der Waals surface area contributed by atoms with E-state index in [2.05, 4.69) is 10.1 Å². The minimum absolute atomic E-state index is 0.0427. The van der Waals surface area contributed by atoms with Crippen molar-refractivity contribution >= 4 is 5.82 Å². The van der Waals surface area contributed by atoms with Crippen molar-refractivity contribution < 1.29 is 13.2 Å². The van der Waals surface area contributed by atoms with Crippen LogP contribution in [0.15, 0.2) is 36.7 Å². The van der Waals surface area contributed by atoms with Gasteiger partial charge in [-0.05, 0) is 24.6 Å². The van der Waals surface area contributed by atoms with E-state index in [1.165, 1.54) is 18.3 Å². The predicted octanol–water partition coefficient (Wildman–Crippen LogP) is 3.98. The lowest BCUT2D eigenvalue weighted by atomic mass is 9.92. The van der Waals surface area contributed by atoms with Crippen LogP contribution < -0.4 is 5.73 Å². The van der Waals surface area contributed by atoms with Crippen LogP contribution in [0.5, 0.6) is 0 Å². The van der Waals surface area contributed by atoms with Crippen LogP contribution in [-0.4, -0.2) is 14.8 Å². The lowest BCUT2D eigenvalue weighted by molar-refractivity contribution is -0.137. The fraction of sp³-hybridized carbons (Fsp3) is 0.158.